The lowest BCUT2D eigenvalue weighted by atomic mass is 9.85. The van der Waals surface area contributed by atoms with Crippen LogP contribution in [0.5, 0.6) is 0 Å². The van der Waals surface area contributed by atoms with Gasteiger partial charge in [-0.2, -0.15) is 0 Å². The van der Waals surface area contributed by atoms with E-state index < -0.39 is 0 Å². The van der Waals surface area contributed by atoms with Crippen LogP contribution in [0, 0.1) is 5.92 Å². The summed E-state index contributed by atoms with van der Waals surface area (Å²) in [6.07, 6.45) is 4.65. The molecule has 1 saturated carbocycles. The second kappa shape index (κ2) is 6.02. The van der Waals surface area contributed by atoms with Crippen LogP contribution in [0.15, 0.2) is 0 Å². The Labute approximate surface area is 86.4 Å². The van der Waals surface area contributed by atoms with Crippen LogP contribution in [0.2, 0.25) is 0 Å². The van der Waals surface area contributed by atoms with E-state index in [2.05, 4.69) is 16.6 Å². The maximum Gasteiger partial charge on any atom is 0.306 e. The molecule has 1 rings (SSSR count). The Morgan fingerprint density at radius 3 is 2.64 bits per heavy atom. The van der Waals surface area contributed by atoms with E-state index in [0.717, 1.165) is 25.6 Å². The molecule has 0 bridgehead atoms. The first-order valence-electron chi connectivity index (χ1n) is 5.55. The number of carbonyl (C=O) groups is 1. The summed E-state index contributed by atoms with van der Waals surface area (Å²) < 4.78 is 4.62. The Kier molecular flexibility index (Phi) is 4.94. The zero-order chi connectivity index (χ0) is 10.4. The van der Waals surface area contributed by atoms with Crippen molar-refractivity contribution >= 4 is 5.97 Å². The smallest absolute Gasteiger partial charge is 0.306 e. The van der Waals surface area contributed by atoms with E-state index in [1.54, 1.807) is 0 Å². The van der Waals surface area contributed by atoms with Gasteiger partial charge in [-0.3, -0.25) is 4.79 Å². The minimum Gasteiger partial charge on any atom is -0.469 e. The molecule has 14 heavy (non-hydrogen) atoms. The molecule has 1 aliphatic rings. The molecule has 0 N–H and O–H groups in total. The van der Waals surface area contributed by atoms with Crippen molar-refractivity contribution in [2.75, 3.05) is 26.7 Å². The molecule has 0 aromatic rings. The van der Waals surface area contributed by atoms with E-state index in [0.29, 0.717) is 6.42 Å². The van der Waals surface area contributed by atoms with Gasteiger partial charge in [-0.1, -0.05) is 13.3 Å². The van der Waals surface area contributed by atoms with Crippen molar-refractivity contribution in [2.45, 2.75) is 32.6 Å². The monoisotopic (exact) mass is 199 g/mol. The Hall–Kier alpha value is -0.570. The number of hydrogen-bond acceptors (Lipinski definition) is 3. The van der Waals surface area contributed by atoms with E-state index in [4.69, 9.17) is 0 Å². The molecule has 3 heteroatoms. The third-order valence-electron chi connectivity index (χ3n) is 3.05. The molecule has 82 valence electrons. The van der Waals surface area contributed by atoms with Gasteiger partial charge in [-0.05, 0) is 25.3 Å². The third kappa shape index (κ3) is 3.66. The largest absolute Gasteiger partial charge is 0.469 e. The van der Waals surface area contributed by atoms with Crippen LogP contribution < -0.4 is 0 Å². The SMILES string of the molecule is CCN(CCC(=O)OC)CC1CCC1. The lowest BCUT2D eigenvalue weighted by molar-refractivity contribution is -0.141. The van der Waals surface area contributed by atoms with Gasteiger partial charge in [0.15, 0.2) is 0 Å². The molecule has 1 fully saturated rings. The summed E-state index contributed by atoms with van der Waals surface area (Å²) in [6.45, 7) is 5.19. The standard InChI is InChI=1S/C11H21NO2/c1-3-12(8-7-11(13)14-2)9-10-5-4-6-10/h10H,3-9H2,1-2H3. The second-order valence-corrected chi connectivity index (χ2v) is 4.02. The topological polar surface area (TPSA) is 29.5 Å². The van der Waals surface area contributed by atoms with Crippen LogP contribution in [-0.2, 0) is 9.53 Å². The van der Waals surface area contributed by atoms with Crippen LogP contribution >= 0.6 is 0 Å². The molecule has 1 aliphatic carbocycles. The normalized spacial score (nSPS) is 16.8. The third-order valence-corrected chi connectivity index (χ3v) is 3.05. The molecule has 0 unspecified atom stereocenters. The molecule has 0 heterocycles. The van der Waals surface area contributed by atoms with Crippen molar-refractivity contribution in [1.82, 2.24) is 4.90 Å². The number of nitrogens with zero attached hydrogens (tertiary/aromatic N) is 1. The number of carbonyl (C=O) groups excluding carboxylic acids is 1. The van der Waals surface area contributed by atoms with Crippen molar-refractivity contribution in [3.8, 4) is 0 Å². The summed E-state index contributed by atoms with van der Waals surface area (Å²) in [5.74, 6) is 0.782. The maximum absolute atomic E-state index is 11.0. The fourth-order valence-corrected chi connectivity index (χ4v) is 1.77. The van der Waals surface area contributed by atoms with Crippen LogP contribution in [0.3, 0.4) is 0 Å². The quantitative estimate of drug-likeness (QED) is 0.609. The van der Waals surface area contributed by atoms with Gasteiger partial charge in [-0.15, -0.1) is 0 Å². The molecule has 0 saturated heterocycles. The number of ether oxygens (including phenoxy) is 1. The first-order valence-corrected chi connectivity index (χ1v) is 5.55. The zero-order valence-corrected chi connectivity index (χ0v) is 9.29. The molecule has 0 amide bonds. The fourth-order valence-electron chi connectivity index (χ4n) is 1.77. The number of rotatable bonds is 6. The van der Waals surface area contributed by atoms with Gasteiger partial charge in [-0.25, -0.2) is 0 Å². The summed E-state index contributed by atoms with van der Waals surface area (Å²) in [5.41, 5.74) is 0. The summed E-state index contributed by atoms with van der Waals surface area (Å²) in [5, 5.41) is 0. The van der Waals surface area contributed by atoms with Crippen LogP contribution in [-0.4, -0.2) is 37.6 Å². The first-order chi connectivity index (χ1) is 6.76. The molecule has 3 nitrogen and oxygen atoms in total. The summed E-state index contributed by atoms with van der Waals surface area (Å²) >= 11 is 0. The van der Waals surface area contributed by atoms with Crippen molar-refractivity contribution in [1.29, 1.82) is 0 Å². The fraction of sp³-hybridized carbons (Fsp3) is 0.909. The summed E-state index contributed by atoms with van der Waals surface area (Å²) in [7, 11) is 1.45. The molecule has 0 radical (unpaired) electrons. The average molecular weight is 199 g/mol. The van der Waals surface area contributed by atoms with E-state index in [9.17, 15) is 4.79 Å². The summed E-state index contributed by atoms with van der Waals surface area (Å²) in [6, 6.07) is 0. The van der Waals surface area contributed by atoms with Gasteiger partial charge in [0.25, 0.3) is 0 Å². The maximum atomic E-state index is 11.0. The highest BCUT2D eigenvalue weighted by Gasteiger charge is 2.20. The number of esters is 1. The van der Waals surface area contributed by atoms with Crippen molar-refractivity contribution in [3.63, 3.8) is 0 Å². The average Bonchev–Trinajstić information content (AvgIpc) is 2.15. The summed E-state index contributed by atoms with van der Waals surface area (Å²) in [4.78, 5) is 13.3. The Balaban J connectivity index is 2.13. The van der Waals surface area contributed by atoms with Gasteiger partial charge in [0.1, 0.15) is 0 Å². The number of hydrogen-bond donors (Lipinski definition) is 0. The predicted octanol–water partition coefficient (Wildman–Crippen LogP) is 1.67. The van der Waals surface area contributed by atoms with E-state index in [1.165, 1.54) is 26.4 Å². The van der Waals surface area contributed by atoms with Gasteiger partial charge >= 0.3 is 5.97 Å². The Morgan fingerprint density at radius 2 is 2.21 bits per heavy atom. The van der Waals surface area contributed by atoms with Gasteiger partial charge in [0.05, 0.1) is 13.5 Å². The van der Waals surface area contributed by atoms with E-state index in [1.807, 2.05) is 0 Å². The van der Waals surface area contributed by atoms with Crippen molar-refractivity contribution < 1.29 is 9.53 Å². The highest BCUT2D eigenvalue weighted by Crippen LogP contribution is 2.26. The Morgan fingerprint density at radius 1 is 1.50 bits per heavy atom. The highest BCUT2D eigenvalue weighted by molar-refractivity contribution is 5.69. The predicted molar refractivity (Wildman–Crippen MR) is 56.1 cm³/mol. The molecule has 0 spiro atoms. The molecule has 0 aliphatic heterocycles. The van der Waals surface area contributed by atoms with Gasteiger partial charge in [0, 0.05) is 13.1 Å². The highest BCUT2D eigenvalue weighted by atomic mass is 16.5. The van der Waals surface area contributed by atoms with Crippen molar-refractivity contribution in [2.24, 2.45) is 5.92 Å². The lowest BCUT2D eigenvalue weighted by Crippen LogP contribution is -2.34. The van der Waals surface area contributed by atoms with E-state index >= 15 is 0 Å². The molecule has 0 aromatic heterocycles. The van der Waals surface area contributed by atoms with Crippen molar-refractivity contribution in [3.05, 3.63) is 0 Å². The Bertz CT molecular complexity index is 178. The van der Waals surface area contributed by atoms with Gasteiger partial charge in [0.2, 0.25) is 0 Å². The molecule has 0 atom stereocenters. The zero-order valence-electron chi connectivity index (χ0n) is 9.29. The second-order valence-electron chi connectivity index (χ2n) is 4.02. The first kappa shape index (κ1) is 11.5. The van der Waals surface area contributed by atoms with Crippen LogP contribution in [0.25, 0.3) is 0 Å². The molecule has 0 aromatic carbocycles. The molecular weight excluding hydrogens is 178 g/mol. The van der Waals surface area contributed by atoms with Crippen LogP contribution in [0.4, 0.5) is 0 Å². The van der Waals surface area contributed by atoms with Gasteiger partial charge < -0.3 is 9.64 Å². The van der Waals surface area contributed by atoms with E-state index in [-0.39, 0.29) is 5.97 Å². The lowest BCUT2D eigenvalue weighted by Gasteiger charge is -2.31. The van der Waals surface area contributed by atoms with Crippen LogP contribution in [0.1, 0.15) is 32.6 Å². The minimum atomic E-state index is -0.0999. The molecular formula is C11H21NO2. The minimum absolute atomic E-state index is 0.0999. The number of methoxy groups -OCH3 is 1.